The molecule has 0 saturated heterocycles. The van der Waals surface area contributed by atoms with Crippen molar-refractivity contribution in [1.29, 1.82) is 0 Å². The van der Waals surface area contributed by atoms with Crippen LogP contribution >= 0.6 is 0 Å². The molecule has 1 aliphatic rings. The van der Waals surface area contributed by atoms with Crippen molar-refractivity contribution in [2.45, 2.75) is 40.0 Å². The van der Waals surface area contributed by atoms with E-state index in [1.54, 1.807) is 0 Å². The minimum atomic E-state index is -0.503. The predicted octanol–water partition coefficient (Wildman–Crippen LogP) is 3.55. The van der Waals surface area contributed by atoms with Gasteiger partial charge in [-0.25, -0.2) is 0 Å². The Balaban J connectivity index is 3.03. The summed E-state index contributed by atoms with van der Waals surface area (Å²) in [6, 6.07) is 0. The molecule has 0 aliphatic heterocycles. The zero-order chi connectivity index (χ0) is 13.8. The van der Waals surface area contributed by atoms with Crippen molar-refractivity contribution >= 4 is 11.6 Å². The van der Waals surface area contributed by atoms with E-state index in [0.717, 1.165) is 24.0 Å². The van der Waals surface area contributed by atoms with Crippen molar-refractivity contribution in [3.63, 3.8) is 0 Å². The molecule has 1 aliphatic carbocycles. The van der Waals surface area contributed by atoms with E-state index in [1.165, 1.54) is 12.2 Å². The molecule has 0 spiro atoms. The van der Waals surface area contributed by atoms with Crippen molar-refractivity contribution in [3.8, 4) is 0 Å². The smallest absolute Gasteiger partial charge is 0.229 e. The summed E-state index contributed by atoms with van der Waals surface area (Å²) in [5.41, 5.74) is 5.20. The molecule has 0 N–H and O–H groups in total. The monoisotopic (exact) mass is 244 g/mol. The zero-order valence-electron chi connectivity index (χ0n) is 11.4. The summed E-state index contributed by atoms with van der Waals surface area (Å²) in [5, 5.41) is 0. The minimum Gasteiger partial charge on any atom is -0.290 e. The van der Waals surface area contributed by atoms with E-state index < -0.39 is 11.6 Å². The minimum absolute atomic E-state index is 0.0110. The molecule has 0 aromatic rings. The first-order valence-corrected chi connectivity index (χ1v) is 6.21. The molecule has 96 valence electrons. The molecule has 0 amide bonds. The first-order valence-electron chi connectivity index (χ1n) is 6.21. The summed E-state index contributed by atoms with van der Waals surface area (Å²) in [4.78, 5) is 22.9. The molecule has 1 rings (SSSR count). The van der Waals surface area contributed by atoms with Crippen molar-refractivity contribution in [3.05, 3.63) is 41.7 Å². The Labute approximate surface area is 109 Å². The molecule has 2 nitrogen and oxygen atoms in total. The average Bonchev–Trinajstić information content (AvgIpc) is 2.27. The second-order valence-corrected chi connectivity index (χ2v) is 5.25. The van der Waals surface area contributed by atoms with Gasteiger partial charge in [0.1, 0.15) is 0 Å². The van der Waals surface area contributed by atoms with E-state index in [0.29, 0.717) is 0 Å². The van der Waals surface area contributed by atoms with Gasteiger partial charge >= 0.3 is 0 Å². The highest BCUT2D eigenvalue weighted by atomic mass is 16.2. The topological polar surface area (TPSA) is 34.1 Å². The van der Waals surface area contributed by atoms with Crippen LogP contribution < -0.4 is 0 Å². The molecular weight excluding hydrogens is 224 g/mol. The van der Waals surface area contributed by atoms with E-state index in [-0.39, 0.29) is 11.8 Å². The number of Topliss-reactive ketones (excluding diaryl/α,β-unsaturated/α-hetero) is 1. The van der Waals surface area contributed by atoms with E-state index in [1.807, 2.05) is 6.92 Å². The number of rotatable bonds is 4. The highest BCUT2D eigenvalue weighted by Crippen LogP contribution is 2.39. The van der Waals surface area contributed by atoms with E-state index in [4.69, 9.17) is 0 Å². The van der Waals surface area contributed by atoms with Crippen LogP contribution in [-0.2, 0) is 9.59 Å². The zero-order valence-corrected chi connectivity index (χ0v) is 11.4. The lowest BCUT2D eigenvalue weighted by Crippen LogP contribution is -2.18. The molecule has 2 heteroatoms. The van der Waals surface area contributed by atoms with Gasteiger partial charge in [-0.3, -0.25) is 9.59 Å². The van der Waals surface area contributed by atoms with Gasteiger partial charge in [0.15, 0.2) is 0 Å². The molecule has 0 heterocycles. The molecule has 0 aromatic heterocycles. The van der Waals surface area contributed by atoms with Crippen molar-refractivity contribution in [2.24, 2.45) is 5.41 Å². The maximum absolute atomic E-state index is 11.5. The second-order valence-electron chi connectivity index (χ2n) is 5.25. The Morgan fingerprint density at radius 1 is 1.50 bits per heavy atom. The summed E-state index contributed by atoms with van der Waals surface area (Å²) in [6.45, 7) is 9.74. The van der Waals surface area contributed by atoms with Crippen LogP contribution in [0.3, 0.4) is 0 Å². The third-order valence-electron chi connectivity index (χ3n) is 3.24. The lowest BCUT2D eigenvalue weighted by Gasteiger charge is -2.30. The van der Waals surface area contributed by atoms with Crippen LogP contribution in [0, 0.1) is 5.41 Å². The fraction of sp³-hybridized carbons (Fsp3) is 0.438. The van der Waals surface area contributed by atoms with Crippen molar-refractivity contribution in [2.75, 3.05) is 0 Å². The third-order valence-corrected chi connectivity index (χ3v) is 3.24. The Hall–Kier alpha value is -1.66. The maximum atomic E-state index is 11.5. The molecule has 0 bridgehead atoms. The number of carbonyl (C=O) groups excluding carboxylic acids is 2. The molecular formula is C16H20O2. The quantitative estimate of drug-likeness (QED) is 0.328. The fourth-order valence-corrected chi connectivity index (χ4v) is 2.17. The summed E-state index contributed by atoms with van der Waals surface area (Å²) < 4.78 is 0. The molecule has 0 saturated carbocycles. The van der Waals surface area contributed by atoms with Crippen LogP contribution in [-0.4, -0.2) is 11.6 Å². The summed E-state index contributed by atoms with van der Waals surface area (Å²) in [6.07, 6.45) is 7.03. The van der Waals surface area contributed by atoms with E-state index in [2.05, 4.69) is 32.2 Å². The van der Waals surface area contributed by atoms with Crippen LogP contribution in [0.1, 0.15) is 40.0 Å². The number of hydrogen-bond acceptors (Lipinski definition) is 2. The molecule has 0 fully saturated rings. The third kappa shape index (κ3) is 3.41. The standard InChI is InChI=1S/C16H20O2/c1-5-7-14(17)15(18)10-9-13-12(2)8-6-11-16(13,3)4/h5,8,10H,1,6-7,11H2,2-4H3. The van der Waals surface area contributed by atoms with Crippen LogP contribution in [0.2, 0.25) is 0 Å². The van der Waals surface area contributed by atoms with Gasteiger partial charge in [-0.2, -0.15) is 0 Å². The first-order chi connectivity index (χ1) is 8.38. The fourth-order valence-electron chi connectivity index (χ4n) is 2.17. The Morgan fingerprint density at radius 3 is 2.72 bits per heavy atom. The van der Waals surface area contributed by atoms with Gasteiger partial charge < -0.3 is 0 Å². The highest BCUT2D eigenvalue weighted by molar-refractivity contribution is 6.41. The van der Waals surface area contributed by atoms with Gasteiger partial charge in [-0.1, -0.05) is 26.0 Å². The van der Waals surface area contributed by atoms with Crippen molar-refractivity contribution in [1.82, 2.24) is 0 Å². The number of allylic oxidation sites excluding steroid dienone is 4. The molecule has 18 heavy (non-hydrogen) atoms. The van der Waals surface area contributed by atoms with Crippen LogP contribution in [0.4, 0.5) is 0 Å². The van der Waals surface area contributed by atoms with Gasteiger partial charge in [-0.15, -0.1) is 12.3 Å². The van der Waals surface area contributed by atoms with Gasteiger partial charge in [0, 0.05) is 18.1 Å². The van der Waals surface area contributed by atoms with Gasteiger partial charge in [0.05, 0.1) is 0 Å². The Kier molecular flexibility index (Phi) is 4.63. The summed E-state index contributed by atoms with van der Waals surface area (Å²) >= 11 is 0. The predicted molar refractivity (Wildman–Crippen MR) is 73.2 cm³/mol. The Bertz CT molecular complexity index is 469. The highest BCUT2D eigenvalue weighted by Gasteiger charge is 2.26. The number of ketones is 2. The van der Waals surface area contributed by atoms with Crippen LogP contribution in [0.25, 0.3) is 0 Å². The Morgan fingerprint density at radius 2 is 2.17 bits per heavy atom. The average molecular weight is 244 g/mol. The molecule has 0 unspecified atom stereocenters. The first kappa shape index (κ1) is 14.4. The van der Waals surface area contributed by atoms with Gasteiger partial charge in [-0.05, 0) is 30.8 Å². The maximum Gasteiger partial charge on any atom is 0.229 e. The number of hydrogen-bond donors (Lipinski definition) is 0. The SMILES string of the molecule is C=CCC(=O)C(=O)C=C=C1C(C)=CCCC1(C)C. The lowest BCUT2D eigenvalue weighted by molar-refractivity contribution is -0.133. The number of carbonyl (C=O) groups is 2. The van der Waals surface area contributed by atoms with Gasteiger partial charge in [0.25, 0.3) is 0 Å². The summed E-state index contributed by atoms with van der Waals surface area (Å²) in [7, 11) is 0. The van der Waals surface area contributed by atoms with Gasteiger partial charge in [0.2, 0.25) is 11.6 Å². The second kappa shape index (κ2) is 5.79. The largest absolute Gasteiger partial charge is 0.290 e. The van der Waals surface area contributed by atoms with Crippen LogP contribution in [0.15, 0.2) is 41.7 Å². The molecule has 0 radical (unpaired) electrons. The molecule has 0 aromatic carbocycles. The lowest BCUT2D eigenvalue weighted by atomic mass is 9.73. The van der Waals surface area contributed by atoms with E-state index >= 15 is 0 Å². The molecule has 0 atom stereocenters. The van der Waals surface area contributed by atoms with Crippen LogP contribution in [0.5, 0.6) is 0 Å². The normalized spacial score (nSPS) is 17.5. The van der Waals surface area contributed by atoms with Crippen molar-refractivity contribution < 1.29 is 9.59 Å². The van der Waals surface area contributed by atoms with E-state index in [9.17, 15) is 9.59 Å². The summed E-state index contributed by atoms with van der Waals surface area (Å²) in [5.74, 6) is -0.940.